The zero-order valence-electron chi connectivity index (χ0n) is 32.6. The van der Waals surface area contributed by atoms with Crippen molar-refractivity contribution < 1.29 is 64.2 Å². The number of ether oxygens (including phenoxy) is 4. The van der Waals surface area contributed by atoms with Crippen LogP contribution in [-0.4, -0.2) is 59.2 Å². The van der Waals surface area contributed by atoms with Crippen molar-refractivity contribution in [1.29, 1.82) is 0 Å². The molecule has 7 N–H and O–H groups in total. The molecule has 0 spiro atoms. The first-order chi connectivity index (χ1) is 28.2. The standard InChI is InChI=1S/C21H19F2N3O3.C12H10ClFN2O.C8H9FN2O2.ClH/c1-3-29-19-5-4-13(22)8-15(19)18-9-14(25-11-26-18)6-12-7-16(21(24)27)20(28-2)10-17(12)23;1-2-17-11-4-3-8(14)5-9(11)10-6-12(13)16-7-15-10;1-13-7-3-5(9)6(10)2-4(7)8(11)12;/h4-5,7-11H,3,6H2,1-2H3,(H2,24,27);3-7H,2H2,1H3;2-3H,10H2,1H3,(H2,11,12);1H. The summed E-state index contributed by atoms with van der Waals surface area (Å²) in [7, 11) is 2.67. The number of halogens is 6. The van der Waals surface area contributed by atoms with Gasteiger partial charge in [-0.2, -0.15) is 0 Å². The molecule has 6 rings (SSSR count). The van der Waals surface area contributed by atoms with Crippen LogP contribution in [0.2, 0.25) is 5.15 Å². The molecule has 0 radical (unpaired) electrons. The van der Waals surface area contributed by atoms with E-state index >= 15 is 0 Å². The summed E-state index contributed by atoms with van der Waals surface area (Å²) in [6.07, 6.45) is 2.71. The number of hydrogen-bond donors (Lipinski definition) is 3. The van der Waals surface area contributed by atoms with Gasteiger partial charge in [0.25, 0.3) is 5.91 Å². The number of rotatable bonds is 12. The molecule has 0 unspecified atom stereocenters. The minimum Gasteiger partial charge on any atom is -1.00 e. The quantitative estimate of drug-likeness (QED) is 0.0921. The summed E-state index contributed by atoms with van der Waals surface area (Å²) in [5, 5.41) is 0.307. The number of nitrogens with zero attached hydrogens (tertiary/aromatic N) is 4. The van der Waals surface area contributed by atoms with Crippen LogP contribution in [0, 0.1) is 23.3 Å². The van der Waals surface area contributed by atoms with Gasteiger partial charge in [0.1, 0.15) is 69.6 Å². The van der Waals surface area contributed by atoms with Gasteiger partial charge in [0, 0.05) is 41.4 Å². The molecule has 0 aliphatic heterocycles. The topological polar surface area (TPSA) is 202 Å². The van der Waals surface area contributed by atoms with Crippen molar-refractivity contribution >= 4 is 29.1 Å². The zero-order valence-corrected chi connectivity index (χ0v) is 34.1. The highest BCUT2D eigenvalue weighted by atomic mass is 35.5. The Bertz CT molecular complexity index is 2450. The van der Waals surface area contributed by atoms with Gasteiger partial charge in [0.15, 0.2) is 0 Å². The first-order valence-electron chi connectivity index (χ1n) is 17.5. The first kappa shape index (κ1) is 47.8. The second-order valence-corrected chi connectivity index (χ2v) is 12.3. The van der Waals surface area contributed by atoms with Gasteiger partial charge < -0.3 is 42.8 Å². The van der Waals surface area contributed by atoms with Crippen LogP contribution >= 0.6 is 11.6 Å². The van der Waals surface area contributed by atoms with Gasteiger partial charge >= 0.3 is 5.91 Å². The Balaban J connectivity index is 0.000000263. The number of amides is 2. The third kappa shape index (κ3) is 12.7. The zero-order chi connectivity index (χ0) is 43.2. The van der Waals surface area contributed by atoms with E-state index in [1.54, 1.807) is 18.2 Å². The maximum Gasteiger partial charge on any atom is 0.344 e. The van der Waals surface area contributed by atoms with Gasteiger partial charge in [0.05, 0.1) is 50.1 Å². The van der Waals surface area contributed by atoms with E-state index < -0.39 is 29.3 Å². The number of hydrogen-bond acceptors (Lipinski definition) is 11. The van der Waals surface area contributed by atoms with Crippen molar-refractivity contribution in [2.24, 2.45) is 5.73 Å². The van der Waals surface area contributed by atoms with E-state index in [-0.39, 0.29) is 58.5 Å². The number of primary amides is 1. The second kappa shape index (κ2) is 22.6. The lowest BCUT2D eigenvalue weighted by molar-refractivity contribution is -0.255. The van der Waals surface area contributed by atoms with E-state index in [1.807, 2.05) is 13.8 Å². The molecule has 2 aromatic heterocycles. The summed E-state index contributed by atoms with van der Waals surface area (Å²) in [5.41, 5.74) is 16.7. The number of nitrogens with two attached hydrogens (primary N) is 2. The van der Waals surface area contributed by atoms with Crippen molar-refractivity contribution in [3.63, 3.8) is 0 Å². The van der Waals surface area contributed by atoms with E-state index in [2.05, 4.69) is 25.7 Å². The molecule has 316 valence electrons. The number of methoxy groups -OCH3 is 2. The van der Waals surface area contributed by atoms with Crippen LogP contribution in [-0.2, 0) is 6.42 Å². The Morgan fingerprint density at radius 2 is 1.20 bits per heavy atom. The fourth-order valence-electron chi connectivity index (χ4n) is 5.34. The average Bonchev–Trinajstić information content (AvgIpc) is 3.21. The largest absolute Gasteiger partial charge is 1.00 e. The van der Waals surface area contributed by atoms with Crippen molar-refractivity contribution in [2.75, 3.05) is 33.2 Å². The third-order valence-corrected chi connectivity index (χ3v) is 8.22. The second-order valence-electron chi connectivity index (χ2n) is 11.9. The van der Waals surface area contributed by atoms with Crippen molar-refractivity contribution in [1.82, 2.24) is 19.9 Å². The van der Waals surface area contributed by atoms with Crippen LogP contribution in [0.5, 0.6) is 23.0 Å². The molecular formula is C41H39Cl2F4N7O6. The predicted octanol–water partition coefficient (Wildman–Crippen LogP) is 3.66. The smallest absolute Gasteiger partial charge is 0.344 e. The summed E-state index contributed by atoms with van der Waals surface area (Å²) in [4.78, 5) is 38.7. The number of aromatic nitrogens is 4. The van der Waals surface area contributed by atoms with Crippen LogP contribution in [0.4, 0.5) is 23.2 Å². The number of nitrogen functional groups attached to an aromatic ring is 1. The fourth-order valence-corrected chi connectivity index (χ4v) is 5.49. The first-order valence-corrected chi connectivity index (χ1v) is 17.9. The Kier molecular flexibility index (Phi) is 18.0. The van der Waals surface area contributed by atoms with Gasteiger partial charge in [-0.3, -0.25) is 10.5 Å². The Morgan fingerprint density at radius 1 is 0.683 bits per heavy atom. The van der Waals surface area contributed by atoms with Gasteiger partial charge in [-0.05, 0) is 74.0 Å². The number of anilines is 1. The molecule has 0 bridgehead atoms. The molecule has 0 aliphatic rings. The number of carbonyl (C=O) groups excluding carboxylic acids is 2. The van der Waals surface area contributed by atoms with E-state index in [1.165, 1.54) is 69.3 Å². The predicted molar refractivity (Wildman–Crippen MR) is 211 cm³/mol. The maximum absolute atomic E-state index is 14.5. The van der Waals surface area contributed by atoms with Crippen LogP contribution in [0.1, 0.15) is 45.8 Å². The van der Waals surface area contributed by atoms with Crippen LogP contribution in [0.25, 0.3) is 22.5 Å². The summed E-state index contributed by atoms with van der Waals surface area (Å²) >= 11 is 5.78. The molecule has 0 saturated carbocycles. The summed E-state index contributed by atoms with van der Waals surface area (Å²) in [6, 6.07) is 16.3. The van der Waals surface area contributed by atoms with Crippen molar-refractivity contribution in [3.8, 4) is 45.5 Å². The fraction of sp³-hybridized carbons (Fsp3) is 0.171. The van der Waals surface area contributed by atoms with Crippen LogP contribution < -0.4 is 48.6 Å². The van der Waals surface area contributed by atoms with E-state index in [0.29, 0.717) is 58.1 Å². The summed E-state index contributed by atoms with van der Waals surface area (Å²) in [5.74, 6) is -1.89. The van der Waals surface area contributed by atoms with Gasteiger partial charge in [-0.25, -0.2) is 42.3 Å². The molecule has 60 heavy (non-hydrogen) atoms. The highest BCUT2D eigenvalue weighted by Crippen LogP contribution is 2.32. The van der Waals surface area contributed by atoms with Gasteiger partial charge in [-0.1, -0.05) is 11.6 Å². The molecule has 2 amide bonds. The highest BCUT2D eigenvalue weighted by molar-refractivity contribution is 6.29. The SMILES string of the molecule is CCOc1ccc(F)cc1-c1cc(Cc2cc(C(N)=O)c(OC)cc2F)ncn1.CCOc1ccc(F)cc1-c1cc(Cl)ncn1.COc1cc(F)c(N)cc1C([NH3+])=O.[Cl-]. The highest BCUT2D eigenvalue weighted by Gasteiger charge is 2.18. The van der Waals surface area contributed by atoms with E-state index in [9.17, 15) is 27.2 Å². The van der Waals surface area contributed by atoms with Gasteiger partial charge in [0.2, 0.25) is 0 Å². The molecule has 0 aliphatic carbocycles. The average molecular weight is 873 g/mol. The van der Waals surface area contributed by atoms with Gasteiger partial charge in [-0.15, -0.1) is 0 Å². The van der Waals surface area contributed by atoms with Crippen molar-refractivity contribution in [3.05, 3.63) is 136 Å². The maximum atomic E-state index is 14.5. The Labute approximate surface area is 353 Å². The van der Waals surface area contributed by atoms with E-state index in [4.69, 9.17) is 42.0 Å². The lowest BCUT2D eigenvalue weighted by Crippen LogP contribution is -3.00. The molecule has 0 fully saturated rings. The normalized spacial score (nSPS) is 10.2. The monoisotopic (exact) mass is 871 g/mol. The lowest BCUT2D eigenvalue weighted by atomic mass is 10.0. The molecule has 4 aromatic carbocycles. The minimum absolute atomic E-state index is 0. The Morgan fingerprint density at radius 3 is 1.70 bits per heavy atom. The van der Waals surface area contributed by atoms with E-state index in [0.717, 1.165) is 12.1 Å². The molecule has 0 atom stereocenters. The minimum atomic E-state index is -0.729. The third-order valence-electron chi connectivity index (χ3n) is 8.02. The molecule has 13 nitrogen and oxygen atoms in total. The molecular weight excluding hydrogens is 833 g/mol. The number of quaternary nitrogens is 1. The summed E-state index contributed by atoms with van der Waals surface area (Å²) in [6.45, 7) is 4.59. The van der Waals surface area contributed by atoms with Crippen molar-refractivity contribution in [2.45, 2.75) is 20.3 Å². The Hall–Kier alpha value is -6.56. The molecule has 2 heterocycles. The lowest BCUT2D eigenvalue weighted by Gasteiger charge is -2.12. The number of benzene rings is 4. The molecule has 19 heteroatoms. The summed E-state index contributed by atoms with van der Waals surface area (Å²) < 4.78 is 75.1. The van der Waals surface area contributed by atoms with Crippen LogP contribution in [0.3, 0.4) is 0 Å². The molecule has 0 saturated heterocycles. The number of carbonyl (C=O) groups is 2. The molecule has 6 aromatic rings. The van der Waals surface area contributed by atoms with Crippen LogP contribution in [0.15, 0.2) is 85.5 Å².